The van der Waals surface area contributed by atoms with Crippen LogP contribution in [0.4, 0.5) is 0 Å². The molecule has 0 aromatic rings. The van der Waals surface area contributed by atoms with Crippen LogP contribution in [0.15, 0.2) is 0 Å². The van der Waals surface area contributed by atoms with Crippen LogP contribution < -0.4 is 0 Å². The largest absolute Gasteiger partial charge is 0.381 e. The van der Waals surface area contributed by atoms with Crippen molar-refractivity contribution in [3.8, 4) is 0 Å². The van der Waals surface area contributed by atoms with E-state index in [4.69, 9.17) is 28.4 Å². The maximum atomic E-state index is 5.86. The minimum absolute atomic E-state index is 0.194. The molecule has 5 saturated heterocycles. The summed E-state index contributed by atoms with van der Waals surface area (Å²) in [5.41, 5.74) is 2.08. The number of hydrogen-bond donors (Lipinski definition) is 0. The highest BCUT2D eigenvalue weighted by Gasteiger charge is 2.46. The second-order valence-corrected chi connectivity index (χ2v) is 24.9. The summed E-state index contributed by atoms with van der Waals surface area (Å²) in [7, 11) is 0. The summed E-state index contributed by atoms with van der Waals surface area (Å²) in [5.74, 6) is 8.01. The van der Waals surface area contributed by atoms with Crippen molar-refractivity contribution in [2.75, 3.05) is 52.9 Å². The van der Waals surface area contributed by atoms with Crippen molar-refractivity contribution in [3.05, 3.63) is 0 Å². The minimum atomic E-state index is -0.306. The quantitative estimate of drug-likeness (QED) is 0.194. The molecule has 6 aliphatic rings. The zero-order chi connectivity index (χ0) is 61.5. The standard InChI is InChI=1S/C11H22.2C10H20O.C9H18O2.2C9H18O.6C2H6/c1-9(2)11(10(3)4)7-5-6-8-11;1-8(2)10(9(3)4)5-6-11-7-10;1-8(2)10(9(3)4)6-5-7-11-10;1-7(2)9(8(3)4)10-5-6-11-9;1-7(2)9(8(3)4)5-10-6-9;1-7(2)9(8(3)4)5-6-10-9;6*1-2/h9-10H,5-8H2,1-4H3;2*8-9H,5-7H2,1-4H3;7-8H,5-6H2,1-4H3;2*7-8H,5-6H2,1-4H3;6*1-2H3. The second kappa shape index (κ2) is 46.3. The van der Waals surface area contributed by atoms with Crippen molar-refractivity contribution < 1.29 is 28.4 Å². The summed E-state index contributed by atoms with van der Waals surface area (Å²) in [6.07, 6.45) is 10.9. The first kappa shape index (κ1) is 87.0. The second-order valence-electron chi connectivity index (χ2n) is 24.9. The Morgan fingerprint density at radius 3 is 0.632 bits per heavy atom. The molecule has 0 radical (unpaired) electrons. The predicted molar refractivity (Wildman–Crippen MR) is 344 cm³/mol. The van der Waals surface area contributed by atoms with Crippen LogP contribution in [0.1, 0.15) is 301 Å². The van der Waals surface area contributed by atoms with E-state index in [1.807, 2.05) is 83.1 Å². The van der Waals surface area contributed by atoms with Gasteiger partial charge in [-0.3, -0.25) is 0 Å². The zero-order valence-electron chi connectivity index (χ0n) is 59.7. The lowest BCUT2D eigenvalue weighted by Gasteiger charge is -2.48. The Kier molecular flexibility index (Phi) is 53.0. The lowest BCUT2D eigenvalue weighted by Crippen LogP contribution is -2.52. The van der Waals surface area contributed by atoms with Gasteiger partial charge in [0.2, 0.25) is 0 Å². The molecule has 6 fully saturated rings. The molecule has 0 bridgehead atoms. The summed E-state index contributed by atoms with van der Waals surface area (Å²) >= 11 is 0. The topological polar surface area (TPSA) is 55.4 Å². The van der Waals surface area contributed by atoms with E-state index in [2.05, 4.69) is 166 Å². The molecule has 6 rings (SSSR count). The molecule has 0 aromatic heterocycles. The SMILES string of the molecule is CC.CC.CC.CC.CC.CC.CC(C)C1(C(C)C)CCCC1.CC(C)C1(C(C)C)CCCO1.CC(C)C1(C(C)C)CCO1.CC(C)C1(C(C)C)CCOC1.CC(C)C1(C(C)C)COC1.CC(C)C1(C(C)C)OCCO1. The van der Waals surface area contributed by atoms with Crippen LogP contribution in [0.25, 0.3) is 0 Å². The Morgan fingerprint density at radius 2 is 0.526 bits per heavy atom. The number of rotatable bonds is 12. The third kappa shape index (κ3) is 25.5. The highest BCUT2D eigenvalue weighted by Crippen LogP contribution is 2.50. The molecule has 5 aliphatic heterocycles. The van der Waals surface area contributed by atoms with Crippen LogP contribution in [0.2, 0.25) is 0 Å². The lowest BCUT2D eigenvalue weighted by molar-refractivity contribution is -0.216. The van der Waals surface area contributed by atoms with Gasteiger partial charge in [0.05, 0.1) is 50.8 Å². The monoisotopic (exact) mass is 1090 g/mol. The van der Waals surface area contributed by atoms with E-state index in [9.17, 15) is 0 Å². The Labute approximate surface area is 484 Å². The molecule has 6 heteroatoms. The maximum Gasteiger partial charge on any atom is 0.172 e. The smallest absolute Gasteiger partial charge is 0.172 e. The van der Waals surface area contributed by atoms with Gasteiger partial charge in [0, 0.05) is 42.3 Å². The highest BCUT2D eigenvalue weighted by molar-refractivity contribution is 4.94. The molecule has 0 amide bonds. The average molecular weight is 1090 g/mol. The molecule has 0 unspecified atom stereocenters. The summed E-state index contributed by atoms with van der Waals surface area (Å²) in [4.78, 5) is 0. The fraction of sp³-hybridized carbons (Fsp3) is 1.00. The summed E-state index contributed by atoms with van der Waals surface area (Å²) in [6.45, 7) is 86.0. The normalized spacial score (nSPS) is 20.2. The van der Waals surface area contributed by atoms with Gasteiger partial charge in [-0.15, -0.1) is 0 Å². The Bertz CT molecular complexity index is 977. The molecule has 0 spiro atoms. The molecular formula is C70H152O6. The van der Waals surface area contributed by atoms with Gasteiger partial charge in [0.25, 0.3) is 0 Å². The van der Waals surface area contributed by atoms with Gasteiger partial charge in [-0.1, -0.05) is 262 Å². The molecule has 468 valence electrons. The molecule has 76 heavy (non-hydrogen) atoms. The van der Waals surface area contributed by atoms with E-state index in [0.29, 0.717) is 51.8 Å². The van der Waals surface area contributed by atoms with Crippen molar-refractivity contribution in [1.82, 2.24) is 0 Å². The number of hydrogen-bond acceptors (Lipinski definition) is 6. The van der Waals surface area contributed by atoms with Gasteiger partial charge >= 0.3 is 0 Å². The molecule has 1 aliphatic carbocycles. The van der Waals surface area contributed by atoms with Crippen LogP contribution in [-0.4, -0.2) is 69.8 Å². The predicted octanol–water partition coefficient (Wildman–Crippen LogP) is 22.4. The number of ether oxygens (including phenoxy) is 6. The maximum absolute atomic E-state index is 5.86. The van der Waals surface area contributed by atoms with Crippen molar-refractivity contribution >= 4 is 0 Å². The van der Waals surface area contributed by atoms with Gasteiger partial charge in [-0.25, -0.2) is 0 Å². The van der Waals surface area contributed by atoms with E-state index in [1.165, 1.54) is 51.4 Å². The first-order valence-electron chi connectivity index (χ1n) is 33.3. The van der Waals surface area contributed by atoms with Crippen molar-refractivity contribution in [2.45, 2.75) is 318 Å². The van der Waals surface area contributed by atoms with Gasteiger partial charge in [0.1, 0.15) is 0 Å². The van der Waals surface area contributed by atoms with E-state index >= 15 is 0 Å². The lowest BCUT2D eigenvalue weighted by atomic mass is 9.67. The van der Waals surface area contributed by atoms with Gasteiger partial charge in [0.15, 0.2) is 5.79 Å². The molecule has 1 saturated carbocycles. The van der Waals surface area contributed by atoms with E-state index < -0.39 is 0 Å². The molecule has 0 N–H and O–H groups in total. The van der Waals surface area contributed by atoms with Crippen LogP contribution in [-0.2, 0) is 28.4 Å². The molecule has 0 aromatic carbocycles. The Balaban J connectivity index is -0.000000186. The Morgan fingerprint density at radius 1 is 0.224 bits per heavy atom. The fourth-order valence-corrected chi connectivity index (χ4v) is 12.7. The summed E-state index contributed by atoms with van der Waals surface area (Å²) in [6, 6.07) is 0. The first-order chi connectivity index (χ1) is 35.6. The molecule has 0 atom stereocenters. The van der Waals surface area contributed by atoms with Crippen LogP contribution in [0, 0.1) is 87.3 Å². The van der Waals surface area contributed by atoms with Crippen molar-refractivity contribution in [2.24, 2.45) is 87.3 Å². The first-order valence-corrected chi connectivity index (χ1v) is 33.3. The van der Waals surface area contributed by atoms with Crippen LogP contribution >= 0.6 is 0 Å². The van der Waals surface area contributed by atoms with Gasteiger partial charge < -0.3 is 28.4 Å². The Hall–Kier alpha value is -0.240. The minimum Gasteiger partial charge on any atom is -0.381 e. The summed E-state index contributed by atoms with van der Waals surface area (Å²) in [5, 5.41) is 0. The molecule has 5 heterocycles. The van der Waals surface area contributed by atoms with E-state index in [0.717, 1.165) is 88.4 Å². The van der Waals surface area contributed by atoms with Crippen molar-refractivity contribution in [1.29, 1.82) is 0 Å². The van der Waals surface area contributed by atoms with Gasteiger partial charge in [-0.05, 0) is 96.7 Å². The molecule has 6 nitrogen and oxygen atoms in total. The summed E-state index contributed by atoms with van der Waals surface area (Å²) < 4.78 is 33.5. The fourth-order valence-electron chi connectivity index (χ4n) is 12.7. The van der Waals surface area contributed by atoms with Crippen LogP contribution in [0.5, 0.6) is 0 Å². The average Bonchev–Trinajstić information content (AvgIpc) is 4.21. The van der Waals surface area contributed by atoms with E-state index in [1.54, 1.807) is 0 Å². The van der Waals surface area contributed by atoms with Crippen LogP contribution in [0.3, 0.4) is 0 Å². The zero-order valence-corrected chi connectivity index (χ0v) is 59.7. The molecular weight excluding hydrogens is 937 g/mol. The third-order valence-corrected chi connectivity index (χ3v) is 18.5. The van der Waals surface area contributed by atoms with Crippen molar-refractivity contribution in [3.63, 3.8) is 0 Å². The van der Waals surface area contributed by atoms with Gasteiger partial charge in [-0.2, -0.15) is 0 Å². The highest BCUT2D eigenvalue weighted by atomic mass is 16.7. The van der Waals surface area contributed by atoms with E-state index in [-0.39, 0.29) is 17.0 Å². The third-order valence-electron chi connectivity index (χ3n) is 18.5.